The number of hydrogen-bond acceptors (Lipinski definition) is 14. The molecule has 2 saturated carbocycles. The van der Waals surface area contributed by atoms with Gasteiger partial charge in [0.25, 0.3) is 0 Å². The maximum Gasteiger partial charge on any atom is 0.191 e. The Bertz CT molecular complexity index is 978. The standard InChI is InChI=1S/C27H45N5O8S/c1-6-11-41-25-31-23(29-14-12-16(35-9-7-33)21-19(14)37-26(2,3)39-21)18(28)24(32-25)30-15-13-17(36-10-8-34)22-20(15)38-27(4,5)40-22/h14-17,19-22,33-34H,6-13,28H2,1-5H3,(H2,29,30,31,32)/t14-,15+,16+,17-,19+,20-,21-,22+. The summed E-state index contributed by atoms with van der Waals surface area (Å²) in [5.74, 6) is 0.357. The van der Waals surface area contributed by atoms with Gasteiger partial charge in [0, 0.05) is 5.75 Å². The first kappa shape index (κ1) is 31.0. The minimum Gasteiger partial charge on any atom is -0.394 e. The molecule has 8 atom stereocenters. The normalized spacial score (nSPS) is 35.0. The number of nitrogens with two attached hydrogens (primary N) is 1. The summed E-state index contributed by atoms with van der Waals surface area (Å²) in [6.45, 7) is 9.96. The average molecular weight is 600 g/mol. The number of nitrogens with one attached hydrogen (secondary N) is 2. The number of rotatable bonds is 13. The molecule has 3 heterocycles. The predicted octanol–water partition coefficient (Wildman–Crippen LogP) is 1.72. The lowest BCUT2D eigenvalue weighted by atomic mass is 10.2. The highest BCUT2D eigenvalue weighted by molar-refractivity contribution is 7.99. The summed E-state index contributed by atoms with van der Waals surface area (Å²) in [5.41, 5.74) is 7.10. The smallest absolute Gasteiger partial charge is 0.191 e. The van der Waals surface area contributed by atoms with Crippen LogP contribution in [0.25, 0.3) is 0 Å². The van der Waals surface area contributed by atoms with Gasteiger partial charge in [-0.1, -0.05) is 18.7 Å². The van der Waals surface area contributed by atoms with E-state index >= 15 is 0 Å². The molecule has 14 heteroatoms. The molecule has 41 heavy (non-hydrogen) atoms. The maximum atomic E-state index is 9.31. The monoisotopic (exact) mass is 599 g/mol. The minimum absolute atomic E-state index is 0.0665. The zero-order chi connectivity index (χ0) is 29.4. The lowest BCUT2D eigenvalue weighted by molar-refractivity contribution is -0.168. The molecule has 13 nitrogen and oxygen atoms in total. The third kappa shape index (κ3) is 6.86. The summed E-state index contributed by atoms with van der Waals surface area (Å²) in [6.07, 6.45) is 0.574. The molecule has 5 rings (SSSR count). The topological polar surface area (TPSA) is 172 Å². The van der Waals surface area contributed by atoms with Crippen LogP contribution in [0.15, 0.2) is 5.16 Å². The summed E-state index contributed by atoms with van der Waals surface area (Å²) < 4.78 is 36.7. The summed E-state index contributed by atoms with van der Waals surface area (Å²) >= 11 is 1.56. The van der Waals surface area contributed by atoms with Crippen molar-refractivity contribution in [2.75, 3.05) is 48.5 Å². The van der Waals surface area contributed by atoms with Crippen LogP contribution in [0.3, 0.4) is 0 Å². The van der Waals surface area contributed by atoms with Crippen LogP contribution < -0.4 is 16.4 Å². The van der Waals surface area contributed by atoms with Gasteiger partial charge in [0.05, 0.1) is 50.7 Å². The molecule has 0 spiro atoms. The first-order valence-electron chi connectivity index (χ1n) is 14.5. The molecule has 232 valence electrons. The van der Waals surface area contributed by atoms with E-state index in [-0.39, 0.29) is 75.1 Å². The number of hydrogen-bond donors (Lipinski definition) is 5. The highest BCUT2D eigenvalue weighted by Gasteiger charge is 2.56. The van der Waals surface area contributed by atoms with Gasteiger partial charge in [-0.3, -0.25) is 0 Å². The van der Waals surface area contributed by atoms with E-state index in [2.05, 4.69) is 17.6 Å². The second-order valence-corrected chi connectivity index (χ2v) is 12.9. The van der Waals surface area contributed by atoms with Gasteiger partial charge < -0.3 is 55.0 Å². The molecule has 6 N–H and O–H groups in total. The molecule has 0 aromatic carbocycles. The van der Waals surface area contributed by atoms with Crippen LogP contribution >= 0.6 is 11.8 Å². The van der Waals surface area contributed by atoms with E-state index in [0.29, 0.717) is 35.3 Å². The van der Waals surface area contributed by atoms with Crippen molar-refractivity contribution in [2.24, 2.45) is 0 Å². The molecule has 0 amide bonds. The molecule has 1 aromatic rings. The highest BCUT2D eigenvalue weighted by atomic mass is 32.2. The van der Waals surface area contributed by atoms with Crippen LogP contribution in [-0.4, -0.2) is 113 Å². The van der Waals surface area contributed by atoms with Gasteiger partial charge in [-0.05, 0) is 47.0 Å². The fourth-order valence-electron chi connectivity index (χ4n) is 6.16. The van der Waals surface area contributed by atoms with Crippen molar-refractivity contribution in [1.29, 1.82) is 0 Å². The van der Waals surface area contributed by atoms with E-state index in [1.54, 1.807) is 11.8 Å². The molecule has 4 aliphatic rings. The number of ether oxygens (including phenoxy) is 6. The zero-order valence-corrected chi connectivity index (χ0v) is 25.3. The van der Waals surface area contributed by atoms with Crippen LogP contribution in [-0.2, 0) is 28.4 Å². The van der Waals surface area contributed by atoms with Crippen molar-refractivity contribution in [1.82, 2.24) is 9.97 Å². The third-order valence-electron chi connectivity index (χ3n) is 7.68. The molecule has 2 aliphatic carbocycles. The summed E-state index contributed by atoms with van der Waals surface area (Å²) in [5, 5.41) is 26.3. The van der Waals surface area contributed by atoms with Gasteiger partial charge >= 0.3 is 0 Å². The summed E-state index contributed by atoms with van der Waals surface area (Å²) in [4.78, 5) is 9.56. The number of anilines is 3. The Balaban J connectivity index is 1.38. The van der Waals surface area contributed by atoms with Gasteiger partial charge in [0.15, 0.2) is 28.4 Å². The van der Waals surface area contributed by atoms with E-state index in [1.807, 2.05) is 27.7 Å². The Hall–Kier alpha value is -1.49. The largest absolute Gasteiger partial charge is 0.394 e. The van der Waals surface area contributed by atoms with E-state index in [0.717, 1.165) is 12.2 Å². The maximum absolute atomic E-state index is 9.31. The number of fused-ring (bicyclic) bond motifs is 2. The third-order valence-corrected chi connectivity index (χ3v) is 8.73. The number of aromatic nitrogens is 2. The van der Waals surface area contributed by atoms with Crippen LogP contribution in [0.2, 0.25) is 0 Å². The number of aliphatic hydroxyl groups is 2. The van der Waals surface area contributed by atoms with Crippen LogP contribution in [0.1, 0.15) is 53.9 Å². The van der Waals surface area contributed by atoms with E-state index in [9.17, 15) is 10.2 Å². The fourth-order valence-corrected chi connectivity index (χ4v) is 6.86. The zero-order valence-electron chi connectivity index (χ0n) is 24.5. The molecule has 0 radical (unpaired) electrons. The van der Waals surface area contributed by atoms with Crippen LogP contribution in [0, 0.1) is 0 Å². The minimum atomic E-state index is -0.757. The summed E-state index contributed by atoms with van der Waals surface area (Å²) in [7, 11) is 0. The Morgan fingerprint density at radius 1 is 0.829 bits per heavy atom. The van der Waals surface area contributed by atoms with Crippen LogP contribution in [0.5, 0.6) is 0 Å². The molecule has 0 unspecified atom stereocenters. The average Bonchev–Trinajstić information content (AvgIpc) is 3.60. The van der Waals surface area contributed by atoms with Crippen molar-refractivity contribution < 1.29 is 38.6 Å². The van der Waals surface area contributed by atoms with Crippen molar-refractivity contribution >= 4 is 29.1 Å². The van der Waals surface area contributed by atoms with Crippen LogP contribution in [0.4, 0.5) is 17.3 Å². The first-order valence-corrected chi connectivity index (χ1v) is 15.5. The molecule has 2 saturated heterocycles. The van der Waals surface area contributed by atoms with Crippen molar-refractivity contribution in [3.8, 4) is 0 Å². The van der Waals surface area contributed by atoms with E-state index in [1.165, 1.54) is 0 Å². The molecule has 4 fully saturated rings. The molecular weight excluding hydrogens is 554 g/mol. The Morgan fingerprint density at radius 3 is 1.68 bits per heavy atom. The van der Waals surface area contributed by atoms with E-state index < -0.39 is 11.6 Å². The fraction of sp³-hybridized carbons (Fsp3) is 0.852. The Morgan fingerprint density at radius 2 is 1.27 bits per heavy atom. The second kappa shape index (κ2) is 12.6. The van der Waals surface area contributed by atoms with Crippen molar-refractivity contribution in [2.45, 2.75) is 119 Å². The van der Waals surface area contributed by atoms with Crippen molar-refractivity contribution in [3.05, 3.63) is 0 Å². The molecular formula is C27H45N5O8S. The van der Waals surface area contributed by atoms with Gasteiger partial charge in [0.2, 0.25) is 0 Å². The van der Waals surface area contributed by atoms with Gasteiger partial charge in [-0.15, -0.1) is 0 Å². The number of thioether (sulfide) groups is 1. The second-order valence-electron chi connectivity index (χ2n) is 11.8. The Labute approximate surface area is 245 Å². The molecule has 2 aliphatic heterocycles. The quantitative estimate of drug-likeness (QED) is 0.164. The predicted molar refractivity (Wildman–Crippen MR) is 153 cm³/mol. The lowest BCUT2D eigenvalue weighted by Gasteiger charge is -2.26. The van der Waals surface area contributed by atoms with Gasteiger partial charge in [-0.25, -0.2) is 9.97 Å². The van der Waals surface area contributed by atoms with Crippen molar-refractivity contribution in [3.63, 3.8) is 0 Å². The SMILES string of the molecule is CCCSc1nc(N[C@H]2C[C@@H](OCCO)[C@@H]3OC(C)(C)O[C@@H]32)c(N)c(N[C@@H]2C[C@H](OCCO)[C@H]3OC(C)(C)O[C@H]32)n1. The number of nitrogen functional groups attached to an aromatic ring is 1. The highest BCUT2D eigenvalue weighted by Crippen LogP contribution is 2.43. The molecule has 0 bridgehead atoms. The summed E-state index contributed by atoms with van der Waals surface area (Å²) in [6, 6.07) is -0.363. The van der Waals surface area contributed by atoms with E-state index in [4.69, 9.17) is 44.1 Å². The van der Waals surface area contributed by atoms with Gasteiger partial charge in [0.1, 0.15) is 30.1 Å². The van der Waals surface area contributed by atoms with Gasteiger partial charge in [-0.2, -0.15) is 0 Å². The lowest BCUT2D eigenvalue weighted by Crippen LogP contribution is -2.36. The Kier molecular flexibility index (Phi) is 9.53. The first-order chi connectivity index (χ1) is 19.5. The number of nitrogens with zero attached hydrogens (tertiary/aromatic N) is 2. The molecule has 1 aromatic heterocycles. The number of aliphatic hydroxyl groups excluding tert-OH is 2.